The first-order chi connectivity index (χ1) is 7.10. The summed E-state index contributed by atoms with van der Waals surface area (Å²) < 4.78 is 0. The summed E-state index contributed by atoms with van der Waals surface area (Å²) in [7, 11) is 3.16. The van der Waals surface area contributed by atoms with Crippen molar-refractivity contribution in [3.63, 3.8) is 0 Å². The highest BCUT2D eigenvalue weighted by Crippen LogP contribution is 1.77. The lowest BCUT2D eigenvalue weighted by molar-refractivity contribution is -0.119. The molecule has 5 N–H and O–H groups in total. The molecule has 0 heterocycles. The summed E-state index contributed by atoms with van der Waals surface area (Å²) in [6.45, 7) is -0.123. The number of rotatable bonds is 4. The van der Waals surface area contributed by atoms with Crippen molar-refractivity contribution in [2.24, 2.45) is 10.7 Å². The Hall–Kier alpha value is -2.05. The maximum absolute atomic E-state index is 11.0. The maximum Gasteiger partial charge on any atom is 0.343 e. The van der Waals surface area contributed by atoms with E-state index in [0.29, 0.717) is 0 Å². The molecule has 15 heavy (non-hydrogen) atoms. The molecule has 0 saturated heterocycles. The Morgan fingerprint density at radius 1 is 1.40 bits per heavy atom. The molecule has 0 atom stereocenters. The monoisotopic (exact) mass is 213 g/mol. The van der Waals surface area contributed by atoms with Crippen LogP contribution in [0.4, 0.5) is 4.79 Å². The normalized spacial score (nSPS) is 11.2. The van der Waals surface area contributed by atoms with Crippen LogP contribution in [0.5, 0.6) is 0 Å². The summed E-state index contributed by atoms with van der Waals surface area (Å²) in [5.41, 5.74) is 5.36. The second kappa shape index (κ2) is 7.36. The molecule has 7 heteroatoms. The van der Waals surface area contributed by atoms with Gasteiger partial charge in [0.15, 0.2) is 0 Å². The molecule has 0 unspecified atom stereocenters. The second-order valence-electron chi connectivity index (χ2n) is 2.49. The number of amidine groups is 1. The lowest BCUT2D eigenvalue weighted by Crippen LogP contribution is -2.34. The van der Waals surface area contributed by atoms with E-state index in [0.717, 1.165) is 0 Å². The van der Waals surface area contributed by atoms with Crippen molar-refractivity contribution in [2.45, 2.75) is 0 Å². The van der Waals surface area contributed by atoms with Crippen molar-refractivity contribution >= 4 is 17.8 Å². The number of hydrogen-bond acceptors (Lipinski definition) is 3. The molecule has 0 aliphatic heterocycles. The second-order valence-corrected chi connectivity index (χ2v) is 2.49. The highest BCUT2D eigenvalue weighted by Gasteiger charge is 2.01. The van der Waals surface area contributed by atoms with Crippen LogP contribution in [0.25, 0.3) is 0 Å². The molecule has 0 spiro atoms. The van der Waals surface area contributed by atoms with Crippen molar-refractivity contribution in [1.82, 2.24) is 16.0 Å². The van der Waals surface area contributed by atoms with E-state index in [4.69, 9.17) is 5.73 Å². The number of aliphatic imine (C=N–C) groups is 1. The summed E-state index contributed by atoms with van der Waals surface area (Å²) in [4.78, 5) is 25.2. The van der Waals surface area contributed by atoms with Crippen molar-refractivity contribution < 1.29 is 9.59 Å². The third-order valence-corrected chi connectivity index (χ3v) is 1.33. The zero-order chi connectivity index (χ0) is 11.7. The van der Waals surface area contributed by atoms with Crippen LogP contribution >= 0.6 is 0 Å². The van der Waals surface area contributed by atoms with E-state index >= 15 is 0 Å². The number of hydrogen-bond donors (Lipinski definition) is 4. The number of nitrogens with one attached hydrogen (secondary N) is 3. The lowest BCUT2D eigenvalue weighted by Gasteiger charge is -1.99. The third-order valence-electron chi connectivity index (χ3n) is 1.33. The number of amides is 3. The fourth-order valence-corrected chi connectivity index (χ4v) is 0.607. The summed E-state index contributed by atoms with van der Waals surface area (Å²) in [5, 5.41) is 7.31. The van der Waals surface area contributed by atoms with Gasteiger partial charge in [-0.2, -0.15) is 4.99 Å². The molecule has 3 amide bonds. The standard InChI is InChI=1S/C8H15N5O2/c1-10-4-3-6(9)13-8(15)12-5-7(14)11-2/h3-4,10H,5H2,1-2H3,(H,11,14)(H3,9,12,13,15)/b4-3-. The predicted molar refractivity (Wildman–Crippen MR) is 57.3 cm³/mol. The van der Waals surface area contributed by atoms with Crippen LogP contribution in [-0.2, 0) is 4.79 Å². The molecule has 0 aliphatic carbocycles. The minimum atomic E-state index is -0.656. The van der Waals surface area contributed by atoms with Crippen molar-refractivity contribution in [3.8, 4) is 0 Å². The number of likely N-dealkylation sites (N-methyl/N-ethyl adjacent to an activating group) is 1. The Kier molecular flexibility index (Phi) is 6.36. The fourth-order valence-electron chi connectivity index (χ4n) is 0.607. The van der Waals surface area contributed by atoms with Crippen LogP contribution in [0.2, 0.25) is 0 Å². The first-order valence-corrected chi connectivity index (χ1v) is 4.26. The van der Waals surface area contributed by atoms with E-state index in [-0.39, 0.29) is 18.3 Å². The maximum atomic E-state index is 11.0. The number of nitrogens with zero attached hydrogens (tertiary/aromatic N) is 1. The quantitative estimate of drug-likeness (QED) is 0.338. The molecule has 0 fully saturated rings. The van der Waals surface area contributed by atoms with E-state index in [1.165, 1.54) is 19.3 Å². The van der Waals surface area contributed by atoms with Crippen LogP contribution in [0.15, 0.2) is 17.3 Å². The topological polar surface area (TPSA) is 109 Å². The smallest absolute Gasteiger partial charge is 0.343 e. The van der Waals surface area contributed by atoms with Gasteiger partial charge in [0.05, 0.1) is 6.54 Å². The van der Waals surface area contributed by atoms with Gasteiger partial charge in [-0.15, -0.1) is 0 Å². The Morgan fingerprint density at radius 3 is 2.60 bits per heavy atom. The van der Waals surface area contributed by atoms with Gasteiger partial charge in [0.2, 0.25) is 5.91 Å². The van der Waals surface area contributed by atoms with Gasteiger partial charge in [-0.05, 0) is 12.3 Å². The Morgan fingerprint density at radius 2 is 2.07 bits per heavy atom. The molecule has 0 aliphatic rings. The molecule has 0 radical (unpaired) electrons. The highest BCUT2D eigenvalue weighted by atomic mass is 16.2. The molecule has 0 rings (SSSR count). The lowest BCUT2D eigenvalue weighted by atomic mass is 10.5. The van der Waals surface area contributed by atoms with Crippen LogP contribution in [-0.4, -0.2) is 38.4 Å². The van der Waals surface area contributed by atoms with Crippen LogP contribution in [0, 0.1) is 0 Å². The first-order valence-electron chi connectivity index (χ1n) is 4.26. The number of urea groups is 1. The van der Waals surface area contributed by atoms with Crippen LogP contribution < -0.4 is 21.7 Å². The predicted octanol–water partition coefficient (Wildman–Crippen LogP) is -1.47. The van der Waals surface area contributed by atoms with Gasteiger partial charge in [0.25, 0.3) is 0 Å². The Labute approximate surface area is 87.8 Å². The molecular weight excluding hydrogens is 198 g/mol. The Bertz CT molecular complexity index is 285. The SMILES string of the molecule is CN/C=C\C(N)=N/C(=O)NCC(=O)NC. The van der Waals surface area contributed by atoms with Crippen LogP contribution in [0.3, 0.4) is 0 Å². The van der Waals surface area contributed by atoms with Crippen LogP contribution in [0.1, 0.15) is 0 Å². The number of carbonyl (C=O) groups is 2. The minimum Gasteiger partial charge on any atom is -0.394 e. The van der Waals surface area contributed by atoms with E-state index in [1.54, 1.807) is 7.05 Å². The molecule has 7 nitrogen and oxygen atoms in total. The van der Waals surface area contributed by atoms with Gasteiger partial charge in [0, 0.05) is 14.1 Å². The van der Waals surface area contributed by atoms with Crippen molar-refractivity contribution in [2.75, 3.05) is 20.6 Å². The first kappa shape index (κ1) is 12.9. The van der Waals surface area contributed by atoms with E-state index in [1.807, 2.05) is 0 Å². The fraction of sp³-hybridized carbons (Fsp3) is 0.375. The zero-order valence-corrected chi connectivity index (χ0v) is 8.70. The van der Waals surface area contributed by atoms with E-state index in [2.05, 4.69) is 20.9 Å². The molecular formula is C8H15N5O2. The highest BCUT2D eigenvalue weighted by molar-refractivity contribution is 5.99. The summed E-state index contributed by atoms with van der Waals surface area (Å²) in [6.07, 6.45) is 2.96. The summed E-state index contributed by atoms with van der Waals surface area (Å²) >= 11 is 0. The summed E-state index contributed by atoms with van der Waals surface area (Å²) in [5.74, 6) is -0.248. The molecule has 0 aromatic rings. The average molecular weight is 213 g/mol. The Balaban J connectivity index is 4.01. The number of nitrogens with two attached hydrogens (primary N) is 1. The largest absolute Gasteiger partial charge is 0.394 e. The third kappa shape index (κ3) is 7.05. The average Bonchev–Trinajstić information content (AvgIpc) is 2.22. The molecule has 0 saturated carbocycles. The number of carbonyl (C=O) groups excluding carboxylic acids is 2. The van der Waals surface area contributed by atoms with Crippen molar-refractivity contribution in [1.29, 1.82) is 0 Å². The molecule has 84 valence electrons. The van der Waals surface area contributed by atoms with Gasteiger partial charge in [-0.3, -0.25) is 4.79 Å². The van der Waals surface area contributed by atoms with Gasteiger partial charge in [0.1, 0.15) is 5.84 Å². The van der Waals surface area contributed by atoms with E-state index in [9.17, 15) is 9.59 Å². The van der Waals surface area contributed by atoms with Crippen molar-refractivity contribution in [3.05, 3.63) is 12.3 Å². The van der Waals surface area contributed by atoms with E-state index < -0.39 is 6.03 Å². The van der Waals surface area contributed by atoms with Gasteiger partial charge in [-0.1, -0.05) is 0 Å². The van der Waals surface area contributed by atoms with Gasteiger partial charge >= 0.3 is 6.03 Å². The minimum absolute atomic E-state index is 0.0544. The molecule has 0 bridgehead atoms. The zero-order valence-electron chi connectivity index (χ0n) is 8.70. The summed E-state index contributed by atoms with van der Waals surface area (Å²) in [6, 6.07) is -0.656. The van der Waals surface area contributed by atoms with Gasteiger partial charge < -0.3 is 21.7 Å². The molecule has 0 aromatic carbocycles. The van der Waals surface area contributed by atoms with Gasteiger partial charge in [-0.25, -0.2) is 4.79 Å². The molecule has 0 aromatic heterocycles.